The average molecular weight is 340 g/mol. The Hall–Kier alpha value is -3.53. The summed E-state index contributed by atoms with van der Waals surface area (Å²) in [7, 11) is 0. The number of primary amides is 1. The molecule has 0 aliphatic heterocycles. The van der Waals surface area contributed by atoms with E-state index in [2.05, 4.69) is 20.3 Å². The molecule has 0 aliphatic rings. The van der Waals surface area contributed by atoms with Crippen LogP contribution in [0.2, 0.25) is 0 Å². The van der Waals surface area contributed by atoms with Crippen LogP contribution < -0.4 is 21.9 Å². The smallest absolute Gasteiger partial charge is 0.254 e. The molecule has 1 atom stereocenters. The molecule has 5 N–H and O–H groups in total. The Morgan fingerprint density at radius 2 is 2.20 bits per heavy atom. The van der Waals surface area contributed by atoms with Crippen molar-refractivity contribution in [3.63, 3.8) is 0 Å². The van der Waals surface area contributed by atoms with Gasteiger partial charge in [-0.3, -0.25) is 9.80 Å². The highest BCUT2D eigenvalue weighted by Crippen LogP contribution is 2.21. The number of hydrazine groups is 1. The maximum Gasteiger partial charge on any atom is 0.254 e. The van der Waals surface area contributed by atoms with Crippen molar-refractivity contribution >= 4 is 35.3 Å². The lowest BCUT2D eigenvalue weighted by molar-refractivity contribution is -0.108. The van der Waals surface area contributed by atoms with E-state index in [0.717, 1.165) is 10.7 Å². The lowest BCUT2D eigenvalue weighted by atomic mass is 10.3. The number of pyridine rings is 1. The van der Waals surface area contributed by atoms with E-state index in [-0.39, 0.29) is 17.3 Å². The van der Waals surface area contributed by atoms with E-state index < -0.39 is 11.9 Å². The van der Waals surface area contributed by atoms with E-state index in [4.69, 9.17) is 11.6 Å². The highest BCUT2D eigenvalue weighted by atomic mass is 16.1. The van der Waals surface area contributed by atoms with Crippen molar-refractivity contribution in [1.82, 2.24) is 19.4 Å². The van der Waals surface area contributed by atoms with Crippen LogP contribution in [-0.4, -0.2) is 37.6 Å². The highest BCUT2D eigenvalue weighted by molar-refractivity contribution is 5.98. The van der Waals surface area contributed by atoms with Gasteiger partial charge in [-0.2, -0.15) is 4.98 Å². The third-order valence-corrected chi connectivity index (χ3v) is 3.56. The van der Waals surface area contributed by atoms with Crippen LogP contribution in [0, 0.1) is 0 Å². The first-order valence-electron chi connectivity index (χ1n) is 7.35. The van der Waals surface area contributed by atoms with Gasteiger partial charge in [0.05, 0.1) is 5.69 Å². The summed E-state index contributed by atoms with van der Waals surface area (Å²) in [5.41, 5.74) is 6.91. The highest BCUT2D eigenvalue weighted by Gasteiger charge is 2.17. The molecule has 3 heterocycles. The molecule has 128 valence electrons. The first kappa shape index (κ1) is 16.3. The Labute approximate surface area is 142 Å². The Bertz CT molecular complexity index is 938. The maximum atomic E-state index is 11.6. The Morgan fingerprint density at radius 1 is 1.40 bits per heavy atom. The summed E-state index contributed by atoms with van der Waals surface area (Å²) in [5, 5.41) is 4.12. The van der Waals surface area contributed by atoms with Gasteiger partial charge in [-0.05, 0) is 19.1 Å². The molecule has 0 saturated heterocycles. The number of fused-ring (bicyclic) bond motifs is 1. The number of nitrogens with one attached hydrogen (secondary N) is 1. The van der Waals surface area contributed by atoms with Gasteiger partial charge in [0, 0.05) is 24.8 Å². The van der Waals surface area contributed by atoms with Gasteiger partial charge >= 0.3 is 0 Å². The standard InChI is InChI=1S/C15H16N8O2/c1-9(8-24)23(17)15-19-6-11(13(16)25)14(21-15)20-10-2-3-12-18-4-5-22(12)7-10/h2-9H,17H2,1H3,(H2,16,25)(H,19,20,21). The summed E-state index contributed by atoms with van der Waals surface area (Å²) in [6, 6.07) is 2.95. The first-order valence-corrected chi connectivity index (χ1v) is 7.35. The van der Waals surface area contributed by atoms with Crippen molar-refractivity contribution in [2.75, 3.05) is 10.3 Å². The fourth-order valence-corrected chi connectivity index (χ4v) is 2.15. The van der Waals surface area contributed by atoms with Crippen LogP contribution in [0.5, 0.6) is 0 Å². The SMILES string of the molecule is CC(C=O)N(N)c1ncc(C(N)=O)c(Nc2ccc3nccn3c2)n1. The van der Waals surface area contributed by atoms with Crippen LogP contribution in [-0.2, 0) is 4.79 Å². The van der Waals surface area contributed by atoms with Crippen molar-refractivity contribution < 1.29 is 9.59 Å². The van der Waals surface area contributed by atoms with Crippen molar-refractivity contribution in [1.29, 1.82) is 0 Å². The molecule has 1 amide bonds. The summed E-state index contributed by atoms with van der Waals surface area (Å²) in [5.74, 6) is 5.39. The van der Waals surface area contributed by atoms with Crippen LogP contribution in [0.1, 0.15) is 17.3 Å². The molecule has 1 unspecified atom stereocenters. The predicted molar refractivity (Wildman–Crippen MR) is 91.2 cm³/mol. The topological polar surface area (TPSA) is 145 Å². The van der Waals surface area contributed by atoms with Gasteiger partial charge in [0.25, 0.3) is 5.91 Å². The third kappa shape index (κ3) is 3.23. The molecule has 10 heteroatoms. The number of imidazole rings is 1. The minimum atomic E-state index is -0.690. The van der Waals surface area contributed by atoms with Gasteiger partial charge in [0.2, 0.25) is 5.95 Å². The van der Waals surface area contributed by atoms with Gasteiger partial charge in [-0.25, -0.2) is 15.8 Å². The van der Waals surface area contributed by atoms with Crippen LogP contribution in [0.4, 0.5) is 17.5 Å². The van der Waals surface area contributed by atoms with Crippen molar-refractivity contribution in [3.8, 4) is 0 Å². The fraction of sp³-hybridized carbons (Fsp3) is 0.133. The number of amides is 1. The lowest BCUT2D eigenvalue weighted by Crippen LogP contribution is -2.41. The number of rotatable bonds is 6. The maximum absolute atomic E-state index is 11.6. The van der Waals surface area contributed by atoms with E-state index in [9.17, 15) is 9.59 Å². The van der Waals surface area contributed by atoms with Crippen molar-refractivity contribution in [2.24, 2.45) is 11.6 Å². The number of aromatic nitrogens is 4. The number of anilines is 3. The van der Waals surface area contributed by atoms with E-state index in [1.54, 1.807) is 42.0 Å². The Kier molecular flexibility index (Phi) is 4.27. The molecule has 3 rings (SSSR count). The van der Waals surface area contributed by atoms with E-state index in [1.165, 1.54) is 6.20 Å². The van der Waals surface area contributed by atoms with Gasteiger partial charge in [-0.15, -0.1) is 0 Å². The van der Waals surface area contributed by atoms with Gasteiger partial charge in [0.1, 0.15) is 29.4 Å². The zero-order valence-corrected chi connectivity index (χ0v) is 13.3. The molecule has 0 saturated carbocycles. The minimum Gasteiger partial charge on any atom is -0.365 e. The summed E-state index contributed by atoms with van der Waals surface area (Å²) < 4.78 is 1.80. The molecule has 3 aromatic heterocycles. The van der Waals surface area contributed by atoms with Gasteiger partial charge < -0.3 is 20.2 Å². The van der Waals surface area contributed by atoms with E-state index in [1.807, 2.05) is 0 Å². The summed E-state index contributed by atoms with van der Waals surface area (Å²) in [4.78, 5) is 34.9. The molecule has 0 radical (unpaired) electrons. The van der Waals surface area contributed by atoms with Crippen LogP contribution in [0.25, 0.3) is 5.65 Å². The summed E-state index contributed by atoms with van der Waals surface area (Å²) >= 11 is 0. The second-order valence-electron chi connectivity index (χ2n) is 5.32. The molecule has 0 bridgehead atoms. The van der Waals surface area contributed by atoms with Gasteiger partial charge in [-0.1, -0.05) is 0 Å². The Morgan fingerprint density at radius 3 is 2.92 bits per heavy atom. The van der Waals surface area contributed by atoms with Crippen molar-refractivity contribution in [3.05, 3.63) is 42.5 Å². The molecule has 0 aliphatic carbocycles. The quantitative estimate of drug-likeness (QED) is 0.328. The first-order chi connectivity index (χ1) is 12.0. The molecule has 0 aromatic carbocycles. The molecular formula is C15H16N8O2. The number of carbonyl (C=O) groups is 2. The van der Waals surface area contributed by atoms with Crippen LogP contribution in [0.15, 0.2) is 36.9 Å². The predicted octanol–water partition coefficient (Wildman–Crippen LogP) is 0.234. The van der Waals surface area contributed by atoms with E-state index >= 15 is 0 Å². The fourth-order valence-electron chi connectivity index (χ4n) is 2.15. The number of nitrogens with zero attached hydrogens (tertiary/aromatic N) is 5. The van der Waals surface area contributed by atoms with Crippen LogP contribution >= 0.6 is 0 Å². The molecular weight excluding hydrogens is 324 g/mol. The Balaban J connectivity index is 1.99. The third-order valence-electron chi connectivity index (χ3n) is 3.56. The summed E-state index contributed by atoms with van der Waals surface area (Å²) in [6.45, 7) is 1.60. The number of aldehydes is 1. The zero-order chi connectivity index (χ0) is 18.0. The number of hydrogen-bond acceptors (Lipinski definition) is 8. The van der Waals surface area contributed by atoms with E-state index in [0.29, 0.717) is 12.0 Å². The normalized spacial score (nSPS) is 11.9. The monoisotopic (exact) mass is 340 g/mol. The average Bonchev–Trinajstić information content (AvgIpc) is 3.07. The van der Waals surface area contributed by atoms with Gasteiger partial charge in [0.15, 0.2) is 0 Å². The second kappa shape index (κ2) is 6.53. The number of hydrogen-bond donors (Lipinski definition) is 3. The number of carbonyl (C=O) groups excluding carboxylic acids is 2. The molecule has 0 fully saturated rings. The second-order valence-corrected chi connectivity index (χ2v) is 5.32. The van der Waals surface area contributed by atoms with Crippen molar-refractivity contribution in [2.45, 2.75) is 13.0 Å². The van der Waals surface area contributed by atoms with Crippen LogP contribution in [0.3, 0.4) is 0 Å². The largest absolute Gasteiger partial charge is 0.365 e. The number of nitrogens with two attached hydrogens (primary N) is 2. The molecule has 3 aromatic rings. The molecule has 0 spiro atoms. The lowest BCUT2D eigenvalue weighted by Gasteiger charge is -2.20. The minimum absolute atomic E-state index is 0.0795. The molecule has 10 nitrogen and oxygen atoms in total. The summed E-state index contributed by atoms with van der Waals surface area (Å²) in [6.07, 6.45) is 7.16. The zero-order valence-electron chi connectivity index (χ0n) is 13.3. The molecule has 25 heavy (non-hydrogen) atoms.